The lowest BCUT2D eigenvalue weighted by atomic mass is 9.69. The van der Waals surface area contributed by atoms with Gasteiger partial charge in [-0.05, 0) is 51.8 Å². The predicted molar refractivity (Wildman–Crippen MR) is 124 cm³/mol. The molecule has 162 valence electrons. The van der Waals surface area contributed by atoms with Crippen LogP contribution in [0.1, 0.15) is 109 Å². The maximum atomic E-state index is 9.56. The summed E-state index contributed by atoms with van der Waals surface area (Å²) in [6.45, 7) is 20.8. The van der Waals surface area contributed by atoms with Gasteiger partial charge < -0.3 is 5.11 Å². The molecule has 3 heteroatoms. The second-order valence-corrected chi connectivity index (χ2v) is 11.3. The summed E-state index contributed by atoms with van der Waals surface area (Å²) in [5.41, 5.74) is 6.64. The average Bonchev–Trinajstić information content (AvgIpc) is 3.02. The largest absolute Gasteiger partial charge is 0.392 e. The molecule has 0 spiro atoms. The summed E-state index contributed by atoms with van der Waals surface area (Å²) in [4.78, 5) is 0. The minimum Gasteiger partial charge on any atom is -0.392 e. The van der Waals surface area contributed by atoms with Crippen molar-refractivity contribution in [2.75, 3.05) is 0 Å². The lowest BCUT2D eigenvalue weighted by molar-refractivity contribution is 0.281. The smallest absolute Gasteiger partial charge is 0.0681 e. The van der Waals surface area contributed by atoms with Gasteiger partial charge in [0.2, 0.25) is 0 Å². The van der Waals surface area contributed by atoms with E-state index in [-0.39, 0.29) is 22.9 Å². The Kier molecular flexibility index (Phi) is 6.74. The van der Waals surface area contributed by atoms with Gasteiger partial charge in [-0.3, -0.25) is 4.68 Å². The summed E-state index contributed by atoms with van der Waals surface area (Å²) in [7, 11) is 2.06. The Morgan fingerprint density at radius 1 is 0.931 bits per heavy atom. The van der Waals surface area contributed by atoms with Crippen LogP contribution in [0.3, 0.4) is 0 Å². The molecule has 29 heavy (non-hydrogen) atoms. The van der Waals surface area contributed by atoms with Crippen LogP contribution >= 0.6 is 0 Å². The summed E-state index contributed by atoms with van der Waals surface area (Å²) in [6.07, 6.45) is 4.26. The van der Waals surface area contributed by atoms with Crippen LogP contribution in [0.4, 0.5) is 0 Å². The zero-order chi connectivity index (χ0) is 22.2. The van der Waals surface area contributed by atoms with Gasteiger partial charge in [0.05, 0.1) is 12.8 Å². The summed E-state index contributed by atoms with van der Waals surface area (Å²) >= 11 is 0. The van der Waals surface area contributed by atoms with Gasteiger partial charge >= 0.3 is 0 Å². The first kappa shape index (κ1) is 23.7. The van der Waals surface area contributed by atoms with Crippen molar-refractivity contribution >= 4 is 0 Å². The fraction of sp³-hybridized carbons (Fsp3) is 0.654. The van der Waals surface area contributed by atoms with E-state index in [0.29, 0.717) is 5.92 Å². The summed E-state index contributed by atoms with van der Waals surface area (Å²) in [5.74, 6) is 0.439. The van der Waals surface area contributed by atoms with Gasteiger partial charge in [0.15, 0.2) is 0 Å². The highest BCUT2D eigenvalue weighted by Crippen LogP contribution is 2.41. The Bertz CT molecular complexity index is 835. The highest BCUT2D eigenvalue weighted by Gasteiger charge is 2.34. The third-order valence-electron chi connectivity index (χ3n) is 6.40. The summed E-state index contributed by atoms with van der Waals surface area (Å²) in [6, 6.07) is 6.50. The van der Waals surface area contributed by atoms with E-state index < -0.39 is 0 Å². The van der Waals surface area contributed by atoms with Crippen molar-refractivity contribution in [3.8, 4) is 0 Å². The Morgan fingerprint density at radius 2 is 1.48 bits per heavy atom. The van der Waals surface area contributed by atoms with Gasteiger partial charge in [0, 0.05) is 18.2 Å². The first-order chi connectivity index (χ1) is 13.2. The molecule has 2 rings (SSSR count). The van der Waals surface area contributed by atoms with Crippen molar-refractivity contribution in [3.63, 3.8) is 0 Å². The van der Waals surface area contributed by atoms with Gasteiger partial charge in [0.25, 0.3) is 0 Å². The quantitative estimate of drug-likeness (QED) is 0.588. The van der Waals surface area contributed by atoms with Crippen LogP contribution in [-0.4, -0.2) is 14.9 Å². The number of aromatic nitrogens is 2. The van der Waals surface area contributed by atoms with E-state index in [4.69, 9.17) is 0 Å². The fourth-order valence-electron chi connectivity index (χ4n) is 4.52. The Morgan fingerprint density at radius 3 is 1.97 bits per heavy atom. The first-order valence-corrected chi connectivity index (χ1v) is 11.0. The molecular formula is C26H42N2O. The second kappa shape index (κ2) is 8.26. The molecule has 0 saturated heterocycles. The minimum atomic E-state index is 0.0528. The first-order valence-electron chi connectivity index (χ1n) is 11.0. The standard InChI is InChI=1S/C26H42N2O/c1-18(2)20-15-19(17-29)11-12-21(20)25(6,7)13-14-26(8,9)22-16-27-28(10)23(22)24(3,4)5/h11-12,15-16,18,29H,13-14,17H2,1-10H3. The van der Waals surface area contributed by atoms with E-state index in [0.717, 1.165) is 18.4 Å². The molecule has 0 atom stereocenters. The second-order valence-electron chi connectivity index (χ2n) is 11.3. The van der Waals surface area contributed by atoms with Crippen LogP contribution in [0, 0.1) is 0 Å². The van der Waals surface area contributed by atoms with E-state index >= 15 is 0 Å². The zero-order valence-corrected chi connectivity index (χ0v) is 20.3. The SMILES string of the molecule is CC(C)c1cc(CO)ccc1C(C)(C)CCC(C)(C)c1cnn(C)c1C(C)(C)C. The fourth-order valence-corrected chi connectivity index (χ4v) is 4.52. The van der Waals surface area contributed by atoms with Crippen molar-refractivity contribution in [2.24, 2.45) is 7.05 Å². The van der Waals surface area contributed by atoms with Crippen molar-refractivity contribution in [3.05, 3.63) is 52.3 Å². The van der Waals surface area contributed by atoms with Crippen LogP contribution in [-0.2, 0) is 29.9 Å². The number of aliphatic hydroxyl groups is 1. The molecule has 3 nitrogen and oxygen atoms in total. The van der Waals surface area contributed by atoms with E-state index in [9.17, 15) is 5.11 Å². The molecular weight excluding hydrogens is 356 g/mol. The normalized spacial score (nSPS) is 13.4. The molecule has 0 aliphatic rings. The number of aliphatic hydroxyl groups excluding tert-OH is 1. The van der Waals surface area contributed by atoms with Crippen LogP contribution in [0.2, 0.25) is 0 Å². The van der Waals surface area contributed by atoms with E-state index in [2.05, 4.69) is 98.9 Å². The number of aryl methyl sites for hydroxylation is 1. The molecule has 0 unspecified atom stereocenters. The maximum Gasteiger partial charge on any atom is 0.0681 e. The summed E-state index contributed by atoms with van der Waals surface area (Å²) in [5, 5.41) is 14.2. The lowest BCUT2D eigenvalue weighted by Gasteiger charge is -2.35. The maximum absolute atomic E-state index is 9.56. The number of hydrogen-bond acceptors (Lipinski definition) is 2. The monoisotopic (exact) mass is 398 g/mol. The van der Waals surface area contributed by atoms with E-state index in [1.807, 2.05) is 4.68 Å². The van der Waals surface area contributed by atoms with Crippen molar-refractivity contribution in [1.29, 1.82) is 0 Å². The number of nitrogens with zero attached hydrogens (tertiary/aromatic N) is 2. The molecule has 0 amide bonds. The van der Waals surface area contributed by atoms with Gasteiger partial charge in [0.1, 0.15) is 0 Å². The molecule has 2 aromatic rings. The molecule has 0 bridgehead atoms. The lowest BCUT2D eigenvalue weighted by Crippen LogP contribution is -2.28. The van der Waals surface area contributed by atoms with Crippen molar-refractivity contribution in [1.82, 2.24) is 9.78 Å². The zero-order valence-electron chi connectivity index (χ0n) is 20.3. The summed E-state index contributed by atoms with van der Waals surface area (Å²) < 4.78 is 2.05. The van der Waals surface area contributed by atoms with Crippen LogP contribution in [0.5, 0.6) is 0 Å². The Hall–Kier alpha value is -1.61. The molecule has 0 radical (unpaired) electrons. The van der Waals surface area contributed by atoms with Crippen LogP contribution < -0.4 is 0 Å². The van der Waals surface area contributed by atoms with Crippen LogP contribution in [0.15, 0.2) is 24.4 Å². The molecule has 0 fully saturated rings. The van der Waals surface area contributed by atoms with Crippen molar-refractivity contribution < 1.29 is 5.11 Å². The number of benzene rings is 1. The van der Waals surface area contributed by atoms with Gasteiger partial charge in [-0.1, -0.05) is 80.5 Å². The van der Waals surface area contributed by atoms with Gasteiger partial charge in [-0.15, -0.1) is 0 Å². The number of rotatable bonds is 7. The third kappa shape index (κ3) is 5.12. The molecule has 0 aliphatic carbocycles. The predicted octanol–water partition coefficient (Wildman–Crippen LogP) is 6.37. The minimum absolute atomic E-state index is 0.0528. The van der Waals surface area contributed by atoms with Gasteiger partial charge in [-0.2, -0.15) is 5.10 Å². The molecule has 0 saturated carbocycles. The number of hydrogen-bond donors (Lipinski definition) is 1. The molecule has 1 N–H and O–H groups in total. The third-order valence-corrected chi connectivity index (χ3v) is 6.40. The highest BCUT2D eigenvalue weighted by atomic mass is 16.3. The Labute approximate surface area is 178 Å². The van der Waals surface area contributed by atoms with Crippen LogP contribution in [0.25, 0.3) is 0 Å². The molecule has 1 heterocycles. The molecule has 1 aromatic heterocycles. The average molecular weight is 399 g/mol. The van der Waals surface area contributed by atoms with E-state index in [1.165, 1.54) is 22.4 Å². The van der Waals surface area contributed by atoms with Crippen molar-refractivity contribution in [2.45, 2.75) is 104 Å². The topological polar surface area (TPSA) is 38.1 Å². The Balaban J connectivity index is 2.33. The highest BCUT2D eigenvalue weighted by molar-refractivity contribution is 5.39. The van der Waals surface area contributed by atoms with Gasteiger partial charge in [-0.25, -0.2) is 0 Å². The molecule has 1 aromatic carbocycles. The van der Waals surface area contributed by atoms with E-state index in [1.54, 1.807) is 0 Å². The molecule has 0 aliphatic heterocycles.